The summed E-state index contributed by atoms with van der Waals surface area (Å²) >= 11 is 0. The molecule has 1 aliphatic heterocycles. The maximum Gasteiger partial charge on any atom is 0.408 e. The van der Waals surface area contributed by atoms with Crippen molar-refractivity contribution in [1.82, 2.24) is 31.1 Å². The van der Waals surface area contributed by atoms with Crippen LogP contribution >= 0.6 is 0 Å². The molecule has 1 saturated heterocycles. The number of carbonyl (C=O) groups excluding carboxylic acids is 4. The van der Waals surface area contributed by atoms with Crippen molar-refractivity contribution in [2.24, 2.45) is 11.8 Å². The summed E-state index contributed by atoms with van der Waals surface area (Å²) in [4.78, 5) is 56.8. The van der Waals surface area contributed by atoms with Crippen LogP contribution in [0.3, 0.4) is 0 Å². The summed E-state index contributed by atoms with van der Waals surface area (Å²) < 4.78 is 10.8. The second-order valence-corrected chi connectivity index (χ2v) is 18.1. The van der Waals surface area contributed by atoms with Gasteiger partial charge in [-0.25, -0.2) is 9.59 Å². The molecule has 2 aromatic rings. The summed E-state index contributed by atoms with van der Waals surface area (Å²) in [6, 6.07) is 16.2. The molecule has 324 valence electrons. The number of hydrogen-bond donors (Lipinski definition) is 6. The summed E-state index contributed by atoms with van der Waals surface area (Å²) in [5, 5.41) is 34.7. The number of aliphatic hydroxyl groups is 2. The average Bonchev–Trinajstić information content (AvgIpc) is 3.12. The first-order valence-electron chi connectivity index (χ1n) is 20.6. The number of benzene rings is 2. The maximum atomic E-state index is 13.6. The van der Waals surface area contributed by atoms with E-state index in [0.717, 1.165) is 11.1 Å². The van der Waals surface area contributed by atoms with Crippen LogP contribution in [0.15, 0.2) is 60.7 Å². The largest absolute Gasteiger partial charge is 0.444 e. The highest BCUT2D eigenvalue weighted by atomic mass is 16.6. The van der Waals surface area contributed by atoms with E-state index in [1.54, 1.807) is 41.5 Å². The fourth-order valence-corrected chi connectivity index (χ4v) is 6.72. The minimum atomic E-state index is -0.927. The maximum absolute atomic E-state index is 13.6. The fourth-order valence-electron chi connectivity index (χ4n) is 6.72. The molecule has 0 radical (unpaired) electrons. The van der Waals surface area contributed by atoms with Crippen molar-refractivity contribution in [2.45, 2.75) is 130 Å². The van der Waals surface area contributed by atoms with Gasteiger partial charge in [-0.15, -0.1) is 0 Å². The van der Waals surface area contributed by atoms with Crippen molar-refractivity contribution in [1.29, 1.82) is 0 Å². The lowest BCUT2D eigenvalue weighted by Gasteiger charge is -2.39. The third-order valence-electron chi connectivity index (χ3n) is 9.78. The second kappa shape index (κ2) is 22.2. The van der Waals surface area contributed by atoms with Crippen molar-refractivity contribution in [3.8, 4) is 0 Å². The zero-order valence-corrected chi connectivity index (χ0v) is 36.3. The van der Waals surface area contributed by atoms with Gasteiger partial charge in [-0.05, 0) is 77.3 Å². The first-order valence-corrected chi connectivity index (χ1v) is 20.6. The fraction of sp³-hybridized carbons (Fsp3) is 0.636. The Hall–Kier alpha value is -4.24. The van der Waals surface area contributed by atoms with Gasteiger partial charge in [0.2, 0.25) is 11.8 Å². The molecule has 1 aliphatic rings. The molecule has 6 atom stereocenters. The number of piperazine rings is 1. The van der Waals surface area contributed by atoms with Crippen molar-refractivity contribution in [3.63, 3.8) is 0 Å². The van der Waals surface area contributed by atoms with Gasteiger partial charge >= 0.3 is 12.2 Å². The van der Waals surface area contributed by atoms with Gasteiger partial charge in [-0.1, -0.05) is 88.4 Å². The molecule has 14 heteroatoms. The smallest absolute Gasteiger partial charge is 0.408 e. The quantitative estimate of drug-likeness (QED) is 0.129. The summed E-state index contributed by atoms with van der Waals surface area (Å²) in [6.45, 7) is 20.9. The Kier molecular flexibility index (Phi) is 18.4. The molecular weight excluding hydrogens is 741 g/mol. The molecular formula is C44H70N6O8. The number of aliphatic hydroxyl groups excluding tert-OH is 2. The predicted octanol–water partition coefficient (Wildman–Crippen LogP) is 3.88. The lowest BCUT2D eigenvalue weighted by molar-refractivity contribution is -0.126. The number of nitrogens with one attached hydrogen (secondary N) is 4. The van der Waals surface area contributed by atoms with E-state index in [-0.39, 0.29) is 11.8 Å². The first kappa shape index (κ1) is 48.1. The molecule has 0 saturated carbocycles. The lowest BCUT2D eigenvalue weighted by Crippen LogP contribution is -2.59. The highest BCUT2D eigenvalue weighted by Crippen LogP contribution is 2.16. The molecule has 0 aliphatic carbocycles. The summed E-state index contributed by atoms with van der Waals surface area (Å²) in [7, 11) is 0. The van der Waals surface area contributed by atoms with Crippen molar-refractivity contribution in [2.75, 3.05) is 39.3 Å². The van der Waals surface area contributed by atoms with Gasteiger partial charge in [0.15, 0.2) is 0 Å². The normalized spacial score (nSPS) is 17.3. The number of alkyl carbamates (subject to hydrolysis) is 2. The molecule has 2 aromatic carbocycles. The van der Waals surface area contributed by atoms with Gasteiger partial charge in [0.05, 0.1) is 24.3 Å². The van der Waals surface area contributed by atoms with E-state index >= 15 is 0 Å². The molecule has 0 bridgehead atoms. The van der Waals surface area contributed by atoms with Gasteiger partial charge in [0, 0.05) is 39.3 Å². The third-order valence-corrected chi connectivity index (χ3v) is 9.78. The molecule has 1 heterocycles. The van der Waals surface area contributed by atoms with Crippen LogP contribution in [0.4, 0.5) is 9.59 Å². The Labute approximate surface area is 345 Å². The number of carbonyl (C=O) groups is 4. The molecule has 4 amide bonds. The third kappa shape index (κ3) is 17.3. The highest BCUT2D eigenvalue weighted by molar-refractivity contribution is 5.87. The van der Waals surface area contributed by atoms with Crippen LogP contribution < -0.4 is 21.3 Å². The van der Waals surface area contributed by atoms with E-state index in [0.29, 0.717) is 52.1 Å². The lowest BCUT2D eigenvalue weighted by atomic mass is 9.98. The molecule has 1 fully saturated rings. The van der Waals surface area contributed by atoms with Crippen LogP contribution in [0.5, 0.6) is 0 Å². The average molecular weight is 811 g/mol. The molecule has 58 heavy (non-hydrogen) atoms. The Morgan fingerprint density at radius 1 is 0.569 bits per heavy atom. The molecule has 3 rings (SSSR count). The van der Waals surface area contributed by atoms with Crippen LogP contribution in [-0.2, 0) is 31.9 Å². The highest BCUT2D eigenvalue weighted by Gasteiger charge is 2.34. The minimum Gasteiger partial charge on any atom is -0.444 e. The van der Waals surface area contributed by atoms with E-state index in [4.69, 9.17) is 9.47 Å². The molecule has 0 aromatic heterocycles. The van der Waals surface area contributed by atoms with Gasteiger partial charge < -0.3 is 41.0 Å². The zero-order valence-electron chi connectivity index (χ0n) is 36.3. The second-order valence-electron chi connectivity index (χ2n) is 18.1. The Morgan fingerprint density at radius 3 is 1.16 bits per heavy atom. The van der Waals surface area contributed by atoms with Gasteiger partial charge in [-0.3, -0.25) is 19.4 Å². The number of ether oxygens (including phenoxy) is 2. The van der Waals surface area contributed by atoms with Crippen molar-refractivity contribution < 1.29 is 38.9 Å². The van der Waals surface area contributed by atoms with E-state index < -0.39 is 71.6 Å². The standard InChI is InChI=1S/C44H70N6O8/c1-29(2)37(47-41(55)57-43(5,6)7)39(53)45-33(25-31-17-13-11-14-18-31)35(51)27-49-21-23-50(24-22-49)28-36(52)34(26-32-19-15-12-16-20-32)46-40(54)38(30(3)4)48-42(56)58-44(8,9)10/h11-20,29-30,33-38,51-52H,21-28H2,1-10H3,(H,45,53)(H,46,54)(H,47,55)(H,48,56)/t33-,34+,35+,36-,37-,38-/m0/s1. The number of β-amino-alcohol motifs (C(OH)–C–C–N with tert-alkyl or cyclic N) is 2. The zero-order chi connectivity index (χ0) is 43.2. The Morgan fingerprint density at radius 2 is 0.879 bits per heavy atom. The number of amides is 4. The summed E-state index contributed by atoms with van der Waals surface area (Å²) in [5.41, 5.74) is 0.443. The Balaban J connectivity index is 1.66. The van der Waals surface area contributed by atoms with Gasteiger partial charge in [0.1, 0.15) is 23.3 Å². The van der Waals surface area contributed by atoms with Crippen LogP contribution in [0.1, 0.15) is 80.4 Å². The summed E-state index contributed by atoms with van der Waals surface area (Å²) in [6.07, 6.45) is -2.46. The Bertz CT molecular complexity index is 1450. The summed E-state index contributed by atoms with van der Waals surface area (Å²) in [5.74, 6) is -1.29. The van der Waals surface area contributed by atoms with Gasteiger partial charge in [0.25, 0.3) is 0 Å². The van der Waals surface area contributed by atoms with Crippen LogP contribution in [0.25, 0.3) is 0 Å². The van der Waals surface area contributed by atoms with E-state index in [9.17, 15) is 29.4 Å². The van der Waals surface area contributed by atoms with Crippen LogP contribution in [0, 0.1) is 11.8 Å². The van der Waals surface area contributed by atoms with Crippen molar-refractivity contribution >= 4 is 24.0 Å². The van der Waals surface area contributed by atoms with Crippen molar-refractivity contribution in [3.05, 3.63) is 71.8 Å². The molecule has 0 spiro atoms. The number of nitrogens with zero attached hydrogens (tertiary/aromatic N) is 2. The monoisotopic (exact) mass is 811 g/mol. The predicted molar refractivity (Wildman–Crippen MR) is 225 cm³/mol. The number of hydrogen-bond acceptors (Lipinski definition) is 10. The minimum absolute atomic E-state index is 0.239. The molecule has 0 unspecified atom stereocenters. The molecule has 14 nitrogen and oxygen atoms in total. The van der Waals surface area contributed by atoms with E-state index in [1.807, 2.05) is 88.4 Å². The SMILES string of the molecule is CC(C)[C@H](NC(=O)OC(C)(C)C)C(=O)N[C@@H](Cc1ccccc1)[C@H](O)CN1CCN(C[C@H](O)[C@@H](Cc2ccccc2)NC(=O)[C@@H](NC(=O)OC(C)(C)C)C(C)C)CC1. The number of rotatable bonds is 18. The van der Waals surface area contributed by atoms with Crippen LogP contribution in [-0.4, -0.2) is 131 Å². The topological polar surface area (TPSA) is 182 Å². The molecule has 6 N–H and O–H groups in total. The van der Waals surface area contributed by atoms with Crippen LogP contribution in [0.2, 0.25) is 0 Å². The van der Waals surface area contributed by atoms with Gasteiger partial charge in [-0.2, -0.15) is 0 Å². The van der Waals surface area contributed by atoms with E-state index in [2.05, 4.69) is 31.1 Å². The first-order chi connectivity index (χ1) is 27.1. The van der Waals surface area contributed by atoms with E-state index in [1.165, 1.54) is 0 Å².